The van der Waals surface area contributed by atoms with Crippen LogP contribution < -0.4 is 4.90 Å². The fraction of sp³-hybridized carbons (Fsp3) is 0.400. The molecule has 130 valence electrons. The van der Waals surface area contributed by atoms with Crippen molar-refractivity contribution in [1.29, 1.82) is 0 Å². The average molecular weight is 355 g/mol. The first kappa shape index (κ1) is 16.4. The average Bonchev–Trinajstić information content (AvgIpc) is 2.97. The fourth-order valence-corrected chi connectivity index (χ4v) is 4.25. The van der Waals surface area contributed by atoms with E-state index in [1.165, 1.54) is 6.42 Å². The van der Waals surface area contributed by atoms with Gasteiger partial charge in [-0.15, -0.1) is 0 Å². The smallest absolute Gasteiger partial charge is 0.165 e. The molecule has 0 bridgehead atoms. The van der Waals surface area contributed by atoms with E-state index >= 15 is 0 Å². The van der Waals surface area contributed by atoms with Crippen molar-refractivity contribution in [3.63, 3.8) is 0 Å². The van der Waals surface area contributed by atoms with Crippen LogP contribution in [0.3, 0.4) is 0 Å². The Morgan fingerprint density at radius 3 is 2.52 bits per heavy atom. The molecule has 0 N–H and O–H groups in total. The molecule has 1 saturated heterocycles. The zero-order valence-corrected chi connectivity index (χ0v) is 15.7. The van der Waals surface area contributed by atoms with Gasteiger partial charge in [0.25, 0.3) is 0 Å². The summed E-state index contributed by atoms with van der Waals surface area (Å²) in [6, 6.07) is 10.0. The van der Waals surface area contributed by atoms with Crippen molar-refractivity contribution in [3.05, 3.63) is 47.2 Å². The summed E-state index contributed by atoms with van der Waals surface area (Å²) in [6.07, 6.45) is 3.16. The molecular formula is C20H23ClN4. The van der Waals surface area contributed by atoms with Crippen LogP contribution in [0.1, 0.15) is 26.0 Å². The number of nitrogens with zero attached hydrogens (tertiary/aromatic N) is 4. The number of hydrogen-bond donors (Lipinski definition) is 0. The third-order valence-corrected chi connectivity index (χ3v) is 5.27. The summed E-state index contributed by atoms with van der Waals surface area (Å²) in [5.74, 6) is 2.50. The van der Waals surface area contributed by atoms with E-state index < -0.39 is 0 Å². The minimum absolute atomic E-state index is 0.686. The fourth-order valence-electron chi connectivity index (χ4n) is 4.01. The van der Waals surface area contributed by atoms with Crippen molar-refractivity contribution < 1.29 is 0 Å². The molecule has 4 rings (SSSR count). The Labute approximate surface area is 153 Å². The SMILES string of the molecule is Cc1cc(N2C[C@@H](C)C[C@H](C)C2)n2ncc(-c3ccccc3Cl)c2n1. The predicted octanol–water partition coefficient (Wildman–Crippen LogP) is 4.84. The summed E-state index contributed by atoms with van der Waals surface area (Å²) < 4.78 is 1.97. The lowest BCUT2D eigenvalue weighted by Crippen LogP contribution is -2.39. The predicted molar refractivity (Wildman–Crippen MR) is 103 cm³/mol. The zero-order chi connectivity index (χ0) is 17.6. The lowest BCUT2D eigenvalue weighted by molar-refractivity contribution is 0.354. The van der Waals surface area contributed by atoms with Crippen molar-refractivity contribution in [2.45, 2.75) is 27.2 Å². The van der Waals surface area contributed by atoms with Gasteiger partial charge in [-0.3, -0.25) is 0 Å². The quantitative estimate of drug-likeness (QED) is 0.660. The normalized spacial score (nSPS) is 21.0. The van der Waals surface area contributed by atoms with Crippen LogP contribution in [0.15, 0.2) is 36.5 Å². The first-order valence-electron chi connectivity index (χ1n) is 8.88. The molecule has 0 unspecified atom stereocenters. The molecule has 0 radical (unpaired) electrons. The molecule has 3 aromatic rings. The van der Waals surface area contributed by atoms with Crippen LogP contribution in [0.4, 0.5) is 5.82 Å². The van der Waals surface area contributed by atoms with Gasteiger partial charge in [0.15, 0.2) is 5.65 Å². The molecule has 1 aliphatic rings. The van der Waals surface area contributed by atoms with Gasteiger partial charge in [-0.2, -0.15) is 9.61 Å². The summed E-state index contributed by atoms with van der Waals surface area (Å²) in [5.41, 5.74) is 3.83. The summed E-state index contributed by atoms with van der Waals surface area (Å²) in [4.78, 5) is 7.21. The van der Waals surface area contributed by atoms with E-state index in [2.05, 4.69) is 29.9 Å². The van der Waals surface area contributed by atoms with Crippen LogP contribution in [0.5, 0.6) is 0 Å². The van der Waals surface area contributed by atoms with E-state index in [0.717, 1.165) is 46.4 Å². The molecule has 1 aliphatic heterocycles. The summed E-state index contributed by atoms with van der Waals surface area (Å²) >= 11 is 6.41. The van der Waals surface area contributed by atoms with Crippen LogP contribution in [0, 0.1) is 18.8 Å². The first-order valence-corrected chi connectivity index (χ1v) is 9.26. The molecule has 2 atom stereocenters. The number of benzene rings is 1. The van der Waals surface area contributed by atoms with E-state index in [0.29, 0.717) is 11.8 Å². The Balaban J connectivity index is 1.86. The zero-order valence-electron chi connectivity index (χ0n) is 14.9. The number of piperidine rings is 1. The molecule has 1 aromatic carbocycles. The molecule has 4 nitrogen and oxygen atoms in total. The van der Waals surface area contributed by atoms with Gasteiger partial charge in [0.2, 0.25) is 0 Å². The molecule has 0 spiro atoms. The van der Waals surface area contributed by atoms with Gasteiger partial charge >= 0.3 is 0 Å². The molecule has 0 aliphatic carbocycles. The molecule has 25 heavy (non-hydrogen) atoms. The van der Waals surface area contributed by atoms with Crippen molar-refractivity contribution in [3.8, 4) is 11.1 Å². The van der Waals surface area contributed by atoms with E-state index in [9.17, 15) is 0 Å². The summed E-state index contributed by atoms with van der Waals surface area (Å²) in [7, 11) is 0. The van der Waals surface area contributed by atoms with E-state index in [1.807, 2.05) is 41.9 Å². The summed E-state index contributed by atoms with van der Waals surface area (Å²) in [6.45, 7) is 8.82. The van der Waals surface area contributed by atoms with Gasteiger partial charge in [-0.1, -0.05) is 43.6 Å². The number of anilines is 1. The minimum atomic E-state index is 0.686. The lowest BCUT2D eigenvalue weighted by Gasteiger charge is -2.36. The van der Waals surface area contributed by atoms with Crippen molar-refractivity contribution >= 4 is 23.1 Å². The Hall–Kier alpha value is -2.07. The van der Waals surface area contributed by atoms with Crippen LogP contribution in [0.25, 0.3) is 16.8 Å². The lowest BCUT2D eigenvalue weighted by atomic mass is 9.92. The van der Waals surface area contributed by atoms with Gasteiger partial charge in [0, 0.05) is 41.0 Å². The third-order valence-electron chi connectivity index (χ3n) is 4.94. The van der Waals surface area contributed by atoms with E-state index in [-0.39, 0.29) is 0 Å². The Morgan fingerprint density at radius 2 is 1.80 bits per heavy atom. The molecular weight excluding hydrogens is 332 g/mol. The summed E-state index contributed by atoms with van der Waals surface area (Å²) in [5, 5.41) is 5.38. The van der Waals surface area contributed by atoms with E-state index in [4.69, 9.17) is 16.6 Å². The maximum absolute atomic E-state index is 6.41. The van der Waals surface area contributed by atoms with Gasteiger partial charge in [-0.25, -0.2) is 4.98 Å². The molecule has 0 amide bonds. The Morgan fingerprint density at radius 1 is 1.08 bits per heavy atom. The minimum Gasteiger partial charge on any atom is -0.356 e. The highest BCUT2D eigenvalue weighted by atomic mass is 35.5. The second-order valence-corrected chi connectivity index (χ2v) is 7.79. The van der Waals surface area contributed by atoms with Crippen LogP contribution in [0.2, 0.25) is 5.02 Å². The van der Waals surface area contributed by atoms with Crippen molar-refractivity contribution in [1.82, 2.24) is 14.6 Å². The van der Waals surface area contributed by atoms with Gasteiger partial charge in [-0.05, 0) is 31.2 Å². The number of fused-ring (bicyclic) bond motifs is 1. The van der Waals surface area contributed by atoms with Crippen LogP contribution >= 0.6 is 11.6 Å². The topological polar surface area (TPSA) is 33.4 Å². The standard InChI is InChI=1S/C20H23ClN4/c1-13-8-14(2)12-24(11-13)19-9-15(3)23-20-17(10-22-25(19)20)16-6-4-5-7-18(16)21/h4-7,9-10,13-14H,8,11-12H2,1-3H3/t13-,14-/m0/s1. The van der Waals surface area contributed by atoms with Crippen molar-refractivity contribution in [2.75, 3.05) is 18.0 Å². The van der Waals surface area contributed by atoms with E-state index in [1.54, 1.807) is 0 Å². The molecule has 1 fully saturated rings. The monoisotopic (exact) mass is 354 g/mol. The molecule has 2 aromatic heterocycles. The highest BCUT2D eigenvalue weighted by molar-refractivity contribution is 6.33. The van der Waals surface area contributed by atoms with Crippen LogP contribution in [-0.4, -0.2) is 27.7 Å². The number of aromatic nitrogens is 3. The maximum atomic E-state index is 6.41. The largest absolute Gasteiger partial charge is 0.356 e. The molecule has 3 heterocycles. The highest BCUT2D eigenvalue weighted by Gasteiger charge is 2.25. The van der Waals surface area contributed by atoms with Gasteiger partial charge < -0.3 is 4.90 Å². The number of aryl methyl sites for hydroxylation is 1. The Bertz CT molecular complexity index is 907. The van der Waals surface area contributed by atoms with Gasteiger partial charge in [0.05, 0.1) is 6.20 Å². The van der Waals surface area contributed by atoms with Crippen molar-refractivity contribution in [2.24, 2.45) is 11.8 Å². The second-order valence-electron chi connectivity index (χ2n) is 7.38. The maximum Gasteiger partial charge on any atom is 0.165 e. The third kappa shape index (κ3) is 2.99. The first-order chi connectivity index (χ1) is 12.0. The Kier molecular flexibility index (Phi) is 4.16. The number of rotatable bonds is 2. The second kappa shape index (κ2) is 6.34. The number of hydrogen-bond acceptors (Lipinski definition) is 3. The van der Waals surface area contributed by atoms with Crippen LogP contribution in [-0.2, 0) is 0 Å². The number of halogens is 1. The molecule has 5 heteroatoms. The van der Waals surface area contributed by atoms with Gasteiger partial charge in [0.1, 0.15) is 5.82 Å². The highest BCUT2D eigenvalue weighted by Crippen LogP contribution is 2.33. The molecule has 0 saturated carbocycles.